The Hall–Kier alpha value is -9.93. The first-order chi connectivity index (χ1) is 57.0. The maximum absolute atomic E-state index is 12.2. The van der Waals surface area contributed by atoms with Gasteiger partial charge in [-0.15, -0.1) is 0 Å². The van der Waals surface area contributed by atoms with Gasteiger partial charge in [0.15, 0.2) is 98.1 Å². The number of fused-ring (bicyclic) bond motifs is 5. The summed E-state index contributed by atoms with van der Waals surface area (Å²) in [6.07, 6.45) is 6.78. The van der Waals surface area contributed by atoms with Crippen LogP contribution in [0.4, 0.5) is 23.3 Å². The molecule has 27 nitrogen and oxygen atoms in total. The number of methoxy groups -OCH3 is 2. The zero-order valence-corrected chi connectivity index (χ0v) is 79.2. The molecule has 0 aliphatic carbocycles. The number of aromatic hydroxyl groups is 1. The molecule has 0 saturated carbocycles. The Morgan fingerprint density at radius 3 is 1.21 bits per heavy atom. The van der Waals surface area contributed by atoms with E-state index in [1.165, 1.54) is 20.8 Å². The SMILES string of the molecule is CC(=O)Oc1c(Br)cc(/C=C2\Oc3ccc(Br)nc3NC2=O)cc1Br.CC(=O)Oc1c(Br)cc(/C=C2\Oc3ccc(C)nc3NC2=O)cc1Br.CC(=O)Oc1c(Br)cc(Cc2cc3ccccc3oc2=O)cc1Br.COc1cc(/C=C2\Oc3ccc(Cl)nc3NC2=O)cc(C)c1OC.O=C1Nc2nc(Br)ccc2O/C1=C\c1cc(Br)c(O)c(Br)c1. The van der Waals surface area contributed by atoms with Gasteiger partial charge in [0.25, 0.3) is 23.6 Å². The predicted molar refractivity (Wildman–Crippen MR) is 484 cm³/mol. The predicted octanol–water partition coefficient (Wildman–Crippen LogP) is 21.6. The van der Waals surface area contributed by atoms with Gasteiger partial charge in [0.05, 0.1) is 50.0 Å². The van der Waals surface area contributed by atoms with Crippen molar-refractivity contribution in [3.05, 3.63) is 268 Å². The molecule has 38 heteroatoms. The van der Waals surface area contributed by atoms with E-state index >= 15 is 0 Å². The number of rotatable bonds is 11. The van der Waals surface area contributed by atoms with E-state index in [0.717, 1.165) is 27.8 Å². The Kier molecular flexibility index (Phi) is 30.8. The van der Waals surface area contributed by atoms with Crippen LogP contribution in [-0.2, 0) is 40.0 Å². The van der Waals surface area contributed by atoms with Crippen molar-refractivity contribution in [2.24, 2.45) is 0 Å². The van der Waals surface area contributed by atoms with Crippen LogP contribution < -0.4 is 69.5 Å². The summed E-state index contributed by atoms with van der Waals surface area (Å²) in [6, 6.07) is 40.4. The number of nitrogens with one attached hydrogen (secondary N) is 4. The van der Waals surface area contributed by atoms with E-state index in [2.05, 4.69) is 201 Å². The van der Waals surface area contributed by atoms with Crippen LogP contribution in [0.1, 0.15) is 65.4 Å². The Morgan fingerprint density at radius 1 is 0.433 bits per heavy atom. The Bertz CT molecular complexity index is 6000. The van der Waals surface area contributed by atoms with Crippen molar-refractivity contribution in [1.29, 1.82) is 0 Å². The number of pyridine rings is 4. The monoisotopic (exact) mass is 2280 g/mol. The number of halogens is 11. The minimum atomic E-state index is -0.433. The average Bonchev–Trinajstić information content (AvgIpc) is 0.813. The minimum absolute atomic E-state index is 0.0931. The first-order valence-corrected chi connectivity index (χ1v) is 42.6. The Labute approximate surface area is 770 Å². The molecule has 0 bridgehead atoms. The number of hydrogen-bond acceptors (Lipinski definition) is 23. The number of para-hydroxylation sites is 1. The van der Waals surface area contributed by atoms with Crippen LogP contribution in [0.2, 0.25) is 5.15 Å². The highest BCUT2D eigenvalue weighted by Gasteiger charge is 2.29. The number of anilines is 4. The molecule has 5 N–H and O–H groups in total. The van der Waals surface area contributed by atoms with E-state index in [-0.39, 0.29) is 45.5 Å². The van der Waals surface area contributed by atoms with Crippen molar-refractivity contribution < 1.29 is 85.7 Å². The van der Waals surface area contributed by atoms with Crippen molar-refractivity contribution in [1.82, 2.24) is 19.9 Å². The fourth-order valence-corrected chi connectivity index (χ4v) is 17.2. The summed E-state index contributed by atoms with van der Waals surface area (Å²) in [7, 11) is 3.14. The van der Waals surface area contributed by atoms with E-state index in [0.29, 0.717) is 154 Å². The molecule has 0 unspecified atom stereocenters. The fraction of sp³-hybridized carbons (Fsp3) is 0.0976. The van der Waals surface area contributed by atoms with Gasteiger partial charge in [0.2, 0.25) is 0 Å². The molecule has 4 amide bonds. The average molecular weight is 2290 g/mol. The number of carbonyl (C=O) groups is 7. The lowest BCUT2D eigenvalue weighted by atomic mass is 10.1. The molecule has 15 rings (SSSR count). The second-order valence-electron chi connectivity index (χ2n) is 25.0. The van der Waals surface area contributed by atoms with Gasteiger partial charge in [-0.2, -0.15) is 0 Å². The summed E-state index contributed by atoms with van der Waals surface area (Å²) < 4.78 is 59.6. The maximum atomic E-state index is 12.2. The van der Waals surface area contributed by atoms with E-state index in [1.807, 2.05) is 56.3 Å². The molecule has 0 spiro atoms. The summed E-state index contributed by atoms with van der Waals surface area (Å²) in [4.78, 5) is 111. The van der Waals surface area contributed by atoms with Gasteiger partial charge >= 0.3 is 23.5 Å². The lowest BCUT2D eigenvalue weighted by molar-refractivity contribution is -0.132. The normalized spacial score (nSPS) is 13.9. The van der Waals surface area contributed by atoms with Gasteiger partial charge in [-0.05, 0) is 352 Å². The topological polar surface area (TPSA) is 353 Å². The lowest BCUT2D eigenvalue weighted by Crippen LogP contribution is -2.24. The van der Waals surface area contributed by atoms with Gasteiger partial charge in [-0.25, -0.2) is 24.7 Å². The largest absolute Gasteiger partial charge is 0.506 e. The standard InChI is InChI=1S/C18H12Br2O4.C17H12Br2N2O4.C17H15ClN2O4.C16H9Br3N2O4.C14H7Br3N2O3/c1-10(21)23-17-14(19)7-11(8-15(17)20)6-13-9-12-4-2-3-5-16(12)24-18(13)22;1-8-3-4-13-16(20-8)21-17(23)14(25-13)7-10-5-11(18)15(12(19)6-10)24-9(2)22;1-9-6-10(7-12(22-2)15(9)23-3)8-13-17(21)20-16-11(24-13)4-5-14(18)19-16;1-7(22)24-14-9(17)4-8(5-10(14)18)6-12-16(23)21-15-11(25-12)2-3-13(19)20-15;15-7-3-6(4-8(16)12(7)20)5-10-14(21)19-13-9(22-10)1-2-11(17)18-13/h2-5,7-9H,6H2,1H3;3-7H,1-2H3,(H,20,21,23);4-8H,1-3H3,(H,19,20,21);2-6H,1H3,(H,20,21,23);1-5,20H,(H,18,19,21)/b;14-7-;13-8-;12-6-;10-5-. The number of phenols is 1. The third kappa shape index (κ3) is 23.6. The van der Waals surface area contributed by atoms with Gasteiger partial charge in [0.1, 0.15) is 25.7 Å². The summed E-state index contributed by atoms with van der Waals surface area (Å²) in [5.74, 6) is 3.40. The third-order valence-corrected chi connectivity index (χ3v) is 21.9. The molecular weight excluding hydrogens is 2240 g/mol. The molecule has 0 fully saturated rings. The molecule has 0 radical (unpaired) electrons. The number of nitrogens with zero attached hydrogens (tertiary/aromatic N) is 4. The number of benzene rings is 6. The highest BCUT2D eigenvalue weighted by atomic mass is 79.9. The lowest BCUT2D eigenvalue weighted by Gasteiger charge is -2.19. The highest BCUT2D eigenvalue weighted by molar-refractivity contribution is 9.12. The number of hydrogen-bond donors (Lipinski definition) is 5. The molecule has 120 heavy (non-hydrogen) atoms. The number of ether oxygens (including phenoxy) is 9. The van der Waals surface area contributed by atoms with Crippen molar-refractivity contribution >= 4 is 271 Å². The van der Waals surface area contributed by atoms with Crippen LogP contribution in [0.5, 0.6) is 57.5 Å². The van der Waals surface area contributed by atoms with Crippen molar-refractivity contribution in [3.8, 4) is 57.5 Å². The van der Waals surface area contributed by atoms with Crippen LogP contribution in [0.3, 0.4) is 0 Å². The van der Waals surface area contributed by atoms with Crippen LogP contribution in [0, 0.1) is 13.8 Å². The van der Waals surface area contributed by atoms with Crippen LogP contribution in [0.15, 0.2) is 217 Å². The summed E-state index contributed by atoms with van der Waals surface area (Å²) in [5.41, 5.74) is 6.12. The van der Waals surface area contributed by atoms with Crippen LogP contribution >= 0.6 is 171 Å². The van der Waals surface area contributed by atoms with Crippen LogP contribution in [0.25, 0.3) is 35.3 Å². The molecule has 4 aliphatic rings. The van der Waals surface area contributed by atoms with Gasteiger partial charge in [-0.1, -0.05) is 29.8 Å². The quantitative estimate of drug-likeness (QED) is 0.0264. The number of phenolic OH excluding ortho intramolecular Hbond substituents is 1. The molecule has 0 saturated heterocycles. The number of carbonyl (C=O) groups excluding carboxylic acids is 7. The van der Waals surface area contributed by atoms with Gasteiger partial charge in [-0.3, -0.25) is 33.6 Å². The van der Waals surface area contributed by atoms with Gasteiger partial charge < -0.3 is 73.4 Å². The van der Waals surface area contributed by atoms with Gasteiger partial charge in [0, 0.05) is 43.8 Å². The Balaban J connectivity index is 0.000000147. The van der Waals surface area contributed by atoms with Crippen LogP contribution in [-0.4, -0.2) is 80.8 Å². The molecule has 6 aromatic carbocycles. The molecule has 9 heterocycles. The van der Waals surface area contributed by atoms with E-state index in [1.54, 1.807) is 136 Å². The van der Waals surface area contributed by atoms with Crippen molar-refractivity contribution in [3.63, 3.8) is 0 Å². The molecule has 4 aliphatic heterocycles. The fourth-order valence-electron chi connectivity index (χ4n) is 11.0. The number of aryl methyl sites for hydroxylation is 2. The molecule has 0 atom stereocenters. The molecule has 5 aromatic heterocycles. The van der Waals surface area contributed by atoms with Crippen molar-refractivity contribution in [2.45, 2.75) is 41.0 Å². The minimum Gasteiger partial charge on any atom is -0.506 e. The first kappa shape index (κ1) is 90.8. The van der Waals surface area contributed by atoms with Crippen molar-refractivity contribution in [2.75, 3.05) is 35.5 Å². The molecular formula is C82H55Br10ClN8O19. The number of esters is 3. The number of aromatic nitrogens is 4. The second-order valence-corrected chi connectivity index (χ2v) is 33.8. The summed E-state index contributed by atoms with van der Waals surface area (Å²) in [5, 5.41) is 21.6. The Morgan fingerprint density at radius 2 is 0.800 bits per heavy atom. The van der Waals surface area contributed by atoms with E-state index in [4.69, 9.17) is 58.6 Å². The number of amides is 4. The first-order valence-electron chi connectivity index (χ1n) is 34.3. The molecule has 614 valence electrons. The second kappa shape index (κ2) is 40.6. The smallest absolute Gasteiger partial charge is 0.339 e. The summed E-state index contributed by atoms with van der Waals surface area (Å²) >= 11 is 39.0. The molecule has 11 aromatic rings. The van der Waals surface area contributed by atoms with E-state index in [9.17, 15) is 43.5 Å². The maximum Gasteiger partial charge on any atom is 0.339 e. The zero-order chi connectivity index (χ0) is 86.7. The van der Waals surface area contributed by atoms with E-state index < -0.39 is 35.6 Å². The third-order valence-electron chi connectivity index (χ3n) is 16.0. The zero-order valence-electron chi connectivity index (χ0n) is 62.5. The summed E-state index contributed by atoms with van der Waals surface area (Å²) in [6.45, 7) is 7.71. The highest BCUT2D eigenvalue weighted by Crippen LogP contribution is 2.43.